The molecule has 162 valence electrons. The van der Waals surface area contributed by atoms with Crippen molar-refractivity contribution in [3.8, 4) is 0 Å². The van der Waals surface area contributed by atoms with E-state index in [1.54, 1.807) is 16.7 Å². The van der Waals surface area contributed by atoms with Gasteiger partial charge in [-0.25, -0.2) is 0 Å². The quantitative estimate of drug-likeness (QED) is 0.511. The number of morpholine rings is 1. The van der Waals surface area contributed by atoms with E-state index in [2.05, 4.69) is 22.2 Å². The van der Waals surface area contributed by atoms with Crippen LogP contribution in [-0.2, 0) is 17.0 Å². The zero-order valence-corrected chi connectivity index (χ0v) is 18.7. The van der Waals surface area contributed by atoms with Crippen molar-refractivity contribution in [1.29, 1.82) is 0 Å². The van der Waals surface area contributed by atoms with Crippen molar-refractivity contribution in [2.24, 2.45) is 0 Å². The van der Waals surface area contributed by atoms with Crippen LogP contribution in [0.1, 0.15) is 27.4 Å². The van der Waals surface area contributed by atoms with E-state index in [1.807, 2.05) is 56.4 Å². The number of aromatic nitrogens is 1. The molecule has 1 aromatic heterocycles. The molecule has 0 saturated carbocycles. The van der Waals surface area contributed by atoms with Gasteiger partial charge in [0.25, 0.3) is 5.91 Å². The van der Waals surface area contributed by atoms with E-state index in [0.717, 1.165) is 48.2 Å². The molecule has 1 fully saturated rings. The summed E-state index contributed by atoms with van der Waals surface area (Å²) in [6.45, 7) is 5.66. The average Bonchev–Trinajstić information content (AvgIpc) is 3.23. The molecular formula is C24H27N3O3S. The van der Waals surface area contributed by atoms with Crippen LogP contribution in [0.4, 0.5) is 5.69 Å². The van der Waals surface area contributed by atoms with Crippen molar-refractivity contribution < 1.29 is 14.1 Å². The first-order valence-electron chi connectivity index (χ1n) is 10.4. The molecule has 1 aliphatic rings. The summed E-state index contributed by atoms with van der Waals surface area (Å²) in [7, 11) is 1.86. The molecule has 2 aromatic carbocycles. The molecule has 1 aliphatic heterocycles. The summed E-state index contributed by atoms with van der Waals surface area (Å²) in [5.74, 6) is 1.44. The van der Waals surface area contributed by atoms with E-state index in [0.29, 0.717) is 17.9 Å². The molecule has 1 amide bonds. The van der Waals surface area contributed by atoms with Gasteiger partial charge >= 0.3 is 0 Å². The molecule has 6 nitrogen and oxygen atoms in total. The highest BCUT2D eigenvalue weighted by molar-refractivity contribution is 7.98. The lowest BCUT2D eigenvalue weighted by molar-refractivity contribution is 0.0781. The third-order valence-corrected chi connectivity index (χ3v) is 6.36. The molecule has 0 radical (unpaired) electrons. The number of para-hydroxylation sites is 1. The number of amides is 1. The minimum absolute atomic E-state index is 0.00799. The van der Waals surface area contributed by atoms with E-state index >= 15 is 0 Å². The number of rotatable bonds is 7. The number of thioether (sulfide) groups is 1. The second-order valence-electron chi connectivity index (χ2n) is 7.61. The van der Waals surface area contributed by atoms with E-state index in [-0.39, 0.29) is 5.91 Å². The van der Waals surface area contributed by atoms with Crippen LogP contribution in [-0.4, -0.2) is 49.3 Å². The minimum Gasteiger partial charge on any atom is -0.378 e. The number of anilines is 1. The number of carbonyl (C=O) groups excluding carboxylic acids is 1. The van der Waals surface area contributed by atoms with Gasteiger partial charge in [0.05, 0.1) is 30.2 Å². The van der Waals surface area contributed by atoms with Crippen molar-refractivity contribution in [3.63, 3.8) is 0 Å². The minimum atomic E-state index is 0.00799. The molecule has 0 N–H and O–H groups in total. The first-order chi connectivity index (χ1) is 15.1. The van der Waals surface area contributed by atoms with Crippen molar-refractivity contribution in [1.82, 2.24) is 10.1 Å². The predicted octanol–water partition coefficient (Wildman–Crippen LogP) is 4.38. The molecule has 3 aromatic rings. The zero-order chi connectivity index (χ0) is 21.6. The van der Waals surface area contributed by atoms with Gasteiger partial charge in [0, 0.05) is 43.3 Å². The summed E-state index contributed by atoms with van der Waals surface area (Å²) in [5.41, 5.74) is 3.88. The van der Waals surface area contributed by atoms with Crippen molar-refractivity contribution in [3.05, 3.63) is 77.2 Å². The Morgan fingerprint density at radius 2 is 1.87 bits per heavy atom. The Labute approximate surface area is 187 Å². The molecule has 0 bridgehead atoms. The van der Waals surface area contributed by atoms with Crippen LogP contribution < -0.4 is 4.90 Å². The molecule has 7 heteroatoms. The smallest absolute Gasteiger partial charge is 0.255 e. The Hall–Kier alpha value is -2.77. The lowest BCUT2D eigenvalue weighted by Gasteiger charge is -2.31. The maximum absolute atomic E-state index is 13.3. The molecule has 31 heavy (non-hydrogen) atoms. The third-order valence-electron chi connectivity index (χ3n) is 5.26. The van der Waals surface area contributed by atoms with Crippen LogP contribution in [0.5, 0.6) is 0 Å². The lowest BCUT2D eigenvalue weighted by atomic mass is 10.1. The van der Waals surface area contributed by atoms with Crippen molar-refractivity contribution >= 4 is 23.4 Å². The lowest BCUT2D eigenvalue weighted by Crippen LogP contribution is -2.37. The Balaban J connectivity index is 1.48. The van der Waals surface area contributed by atoms with Gasteiger partial charge in [-0.05, 0) is 30.7 Å². The third kappa shape index (κ3) is 5.29. The molecule has 0 unspecified atom stereocenters. The van der Waals surface area contributed by atoms with Crippen LogP contribution in [0.25, 0.3) is 0 Å². The number of nitrogens with zero attached hydrogens (tertiary/aromatic N) is 3. The van der Waals surface area contributed by atoms with Gasteiger partial charge in [-0.2, -0.15) is 0 Å². The highest BCUT2D eigenvalue weighted by Crippen LogP contribution is 2.28. The molecule has 4 rings (SSSR count). The highest BCUT2D eigenvalue weighted by Gasteiger charge is 2.20. The Kier molecular flexibility index (Phi) is 6.94. The van der Waals surface area contributed by atoms with E-state index in [4.69, 9.17) is 9.26 Å². The van der Waals surface area contributed by atoms with Gasteiger partial charge in [-0.1, -0.05) is 35.5 Å². The molecular weight excluding hydrogens is 410 g/mol. The number of hydrogen-bond acceptors (Lipinski definition) is 6. The number of benzene rings is 2. The monoisotopic (exact) mass is 437 g/mol. The van der Waals surface area contributed by atoms with Crippen LogP contribution in [0, 0.1) is 6.92 Å². The molecule has 2 heterocycles. The van der Waals surface area contributed by atoms with E-state index in [9.17, 15) is 4.79 Å². The van der Waals surface area contributed by atoms with E-state index in [1.165, 1.54) is 5.69 Å². The summed E-state index contributed by atoms with van der Waals surface area (Å²) in [4.78, 5) is 18.4. The van der Waals surface area contributed by atoms with Crippen LogP contribution in [0.15, 0.2) is 64.0 Å². The topological polar surface area (TPSA) is 58.8 Å². The molecule has 0 spiro atoms. The summed E-state index contributed by atoms with van der Waals surface area (Å²) in [5, 5.41) is 3.93. The predicted molar refractivity (Wildman–Crippen MR) is 123 cm³/mol. The highest BCUT2D eigenvalue weighted by atomic mass is 32.2. The van der Waals surface area contributed by atoms with Crippen molar-refractivity contribution in [2.75, 3.05) is 38.3 Å². The Bertz CT molecular complexity index is 1030. The van der Waals surface area contributed by atoms with Crippen molar-refractivity contribution in [2.45, 2.75) is 24.1 Å². The van der Waals surface area contributed by atoms with Crippen LogP contribution in [0.3, 0.4) is 0 Å². The standard InChI is InChI=1S/C24H27N3O3S/c1-18-15-20(30-25-18)17-31-23-10-6-4-8-21(23)24(28)26(2)16-19-7-3-5-9-22(19)27-11-13-29-14-12-27/h3-10,15H,11-14,16-17H2,1-2H3. The molecule has 0 aliphatic carbocycles. The van der Waals surface area contributed by atoms with Crippen LogP contribution >= 0.6 is 11.8 Å². The number of ether oxygens (including phenoxy) is 1. The summed E-state index contributed by atoms with van der Waals surface area (Å²) in [6.07, 6.45) is 0. The molecule has 0 atom stereocenters. The molecule has 1 saturated heterocycles. The first kappa shape index (κ1) is 21.5. The van der Waals surface area contributed by atoms with Gasteiger partial charge in [0.2, 0.25) is 0 Å². The largest absolute Gasteiger partial charge is 0.378 e. The second kappa shape index (κ2) is 10.0. The van der Waals surface area contributed by atoms with Gasteiger partial charge in [0.1, 0.15) is 5.76 Å². The normalized spacial score (nSPS) is 13.9. The number of hydrogen-bond donors (Lipinski definition) is 0. The summed E-state index contributed by atoms with van der Waals surface area (Å²) in [6, 6.07) is 18.0. The Morgan fingerprint density at radius 1 is 1.13 bits per heavy atom. The fraction of sp³-hybridized carbons (Fsp3) is 0.333. The maximum Gasteiger partial charge on any atom is 0.255 e. The van der Waals surface area contributed by atoms with Gasteiger partial charge < -0.3 is 19.1 Å². The van der Waals surface area contributed by atoms with Gasteiger partial charge in [-0.15, -0.1) is 11.8 Å². The van der Waals surface area contributed by atoms with E-state index < -0.39 is 0 Å². The van der Waals surface area contributed by atoms with Gasteiger partial charge in [-0.3, -0.25) is 4.79 Å². The SMILES string of the molecule is Cc1cc(CSc2ccccc2C(=O)N(C)Cc2ccccc2N2CCOCC2)on1. The average molecular weight is 438 g/mol. The second-order valence-corrected chi connectivity index (χ2v) is 8.63. The number of aryl methyl sites for hydroxylation is 1. The fourth-order valence-corrected chi connectivity index (χ4v) is 4.61. The zero-order valence-electron chi connectivity index (χ0n) is 17.9. The maximum atomic E-state index is 13.3. The first-order valence-corrected chi connectivity index (χ1v) is 11.4. The Morgan fingerprint density at radius 3 is 2.65 bits per heavy atom. The summed E-state index contributed by atoms with van der Waals surface area (Å²) < 4.78 is 10.8. The fourth-order valence-electron chi connectivity index (χ4n) is 3.69. The summed E-state index contributed by atoms with van der Waals surface area (Å²) >= 11 is 1.59. The number of carbonyl (C=O) groups is 1. The van der Waals surface area contributed by atoms with Crippen LogP contribution in [0.2, 0.25) is 0 Å². The van der Waals surface area contributed by atoms with Gasteiger partial charge in [0.15, 0.2) is 0 Å².